The molecule has 0 bridgehead atoms. The van der Waals surface area contributed by atoms with Gasteiger partial charge in [0, 0.05) is 45.3 Å². The molecule has 1 aliphatic heterocycles. The molecule has 32 heavy (non-hydrogen) atoms. The Morgan fingerprint density at radius 1 is 1.12 bits per heavy atom. The molecule has 2 amide bonds. The molecule has 1 N–H and O–H groups in total. The standard InChI is InChI=1S/C25H33N3O4/c1-27(21-8-5-4-6-9-21)14-7-13-26-25(30)20-17-24(29)28(18-20)15-12-19-10-11-22(31-2)23(16-19)32-3/h4-6,8-11,16,20H,7,12-15,17-18H2,1-3H3,(H,26,30). The average Bonchev–Trinajstić information content (AvgIpc) is 3.21. The van der Waals surface area contributed by atoms with Crippen LogP contribution >= 0.6 is 0 Å². The van der Waals surface area contributed by atoms with Crippen molar-refractivity contribution in [2.75, 3.05) is 52.3 Å². The molecule has 0 radical (unpaired) electrons. The Kier molecular flexibility index (Phi) is 8.36. The van der Waals surface area contributed by atoms with Gasteiger partial charge in [0.15, 0.2) is 11.5 Å². The third-order valence-corrected chi connectivity index (χ3v) is 5.87. The van der Waals surface area contributed by atoms with Crippen LogP contribution in [0, 0.1) is 5.92 Å². The molecule has 3 rings (SSSR count). The van der Waals surface area contributed by atoms with Crippen LogP contribution in [0.2, 0.25) is 0 Å². The number of carbonyl (C=O) groups is 2. The summed E-state index contributed by atoms with van der Waals surface area (Å²) >= 11 is 0. The highest BCUT2D eigenvalue weighted by molar-refractivity contribution is 5.89. The van der Waals surface area contributed by atoms with Crippen molar-refractivity contribution in [3.05, 3.63) is 54.1 Å². The Labute approximate surface area is 190 Å². The van der Waals surface area contributed by atoms with Crippen LogP contribution in [0.25, 0.3) is 0 Å². The van der Waals surface area contributed by atoms with E-state index in [4.69, 9.17) is 9.47 Å². The number of ether oxygens (including phenoxy) is 2. The van der Waals surface area contributed by atoms with Gasteiger partial charge >= 0.3 is 0 Å². The van der Waals surface area contributed by atoms with E-state index in [2.05, 4.69) is 22.3 Å². The highest BCUT2D eigenvalue weighted by Gasteiger charge is 2.33. The number of methoxy groups -OCH3 is 2. The van der Waals surface area contributed by atoms with Gasteiger partial charge in [-0.1, -0.05) is 24.3 Å². The molecular formula is C25H33N3O4. The maximum atomic E-state index is 12.5. The van der Waals surface area contributed by atoms with E-state index in [0.29, 0.717) is 37.6 Å². The number of nitrogens with one attached hydrogen (secondary N) is 1. The number of benzene rings is 2. The van der Waals surface area contributed by atoms with Crippen molar-refractivity contribution in [3.63, 3.8) is 0 Å². The van der Waals surface area contributed by atoms with Gasteiger partial charge < -0.3 is 24.6 Å². The van der Waals surface area contributed by atoms with E-state index in [1.807, 2.05) is 43.4 Å². The maximum absolute atomic E-state index is 12.5. The second-order valence-electron chi connectivity index (χ2n) is 8.08. The van der Waals surface area contributed by atoms with Gasteiger partial charge in [-0.2, -0.15) is 0 Å². The minimum absolute atomic E-state index is 0.0330. The molecule has 7 heteroatoms. The van der Waals surface area contributed by atoms with E-state index in [-0.39, 0.29) is 24.2 Å². The minimum Gasteiger partial charge on any atom is -0.493 e. The molecule has 0 aliphatic carbocycles. The number of para-hydroxylation sites is 1. The third kappa shape index (κ3) is 6.15. The minimum atomic E-state index is -0.278. The predicted molar refractivity (Wildman–Crippen MR) is 125 cm³/mol. The summed E-state index contributed by atoms with van der Waals surface area (Å²) in [7, 11) is 5.25. The van der Waals surface area contributed by atoms with E-state index < -0.39 is 0 Å². The van der Waals surface area contributed by atoms with Gasteiger partial charge in [0.2, 0.25) is 11.8 Å². The SMILES string of the molecule is COc1ccc(CCN2CC(C(=O)NCCCN(C)c3ccccc3)CC2=O)cc1OC. The molecule has 1 unspecified atom stereocenters. The molecule has 1 fully saturated rings. The maximum Gasteiger partial charge on any atom is 0.225 e. The van der Waals surface area contributed by atoms with Crippen molar-refractivity contribution in [3.8, 4) is 11.5 Å². The van der Waals surface area contributed by atoms with Crippen LogP contribution in [0.3, 0.4) is 0 Å². The molecular weight excluding hydrogens is 406 g/mol. The summed E-state index contributed by atoms with van der Waals surface area (Å²) in [5.41, 5.74) is 2.22. The topological polar surface area (TPSA) is 71.1 Å². The van der Waals surface area contributed by atoms with Crippen LogP contribution in [-0.4, -0.2) is 64.2 Å². The van der Waals surface area contributed by atoms with Crippen LogP contribution in [0.15, 0.2) is 48.5 Å². The molecule has 1 saturated heterocycles. The fourth-order valence-corrected chi connectivity index (χ4v) is 3.95. The molecule has 7 nitrogen and oxygen atoms in total. The molecule has 172 valence electrons. The van der Waals surface area contributed by atoms with E-state index >= 15 is 0 Å². The zero-order chi connectivity index (χ0) is 22.9. The lowest BCUT2D eigenvalue weighted by Crippen LogP contribution is -2.35. The molecule has 1 aliphatic rings. The molecule has 1 heterocycles. The van der Waals surface area contributed by atoms with E-state index in [9.17, 15) is 9.59 Å². The Hall–Kier alpha value is -3.22. The molecule has 0 spiro atoms. The second-order valence-corrected chi connectivity index (χ2v) is 8.08. The molecule has 1 atom stereocenters. The van der Waals surface area contributed by atoms with Crippen LogP contribution in [0.4, 0.5) is 5.69 Å². The second kappa shape index (κ2) is 11.4. The fraction of sp³-hybridized carbons (Fsp3) is 0.440. The number of amides is 2. The first-order valence-corrected chi connectivity index (χ1v) is 11.0. The van der Waals surface area contributed by atoms with Crippen molar-refractivity contribution >= 4 is 17.5 Å². The first-order valence-electron chi connectivity index (χ1n) is 11.0. The number of nitrogens with zero attached hydrogens (tertiary/aromatic N) is 2. The molecule has 2 aromatic carbocycles. The van der Waals surface area contributed by atoms with Gasteiger partial charge in [-0.05, 0) is 42.7 Å². The number of rotatable bonds is 11. The van der Waals surface area contributed by atoms with Gasteiger partial charge in [0.05, 0.1) is 20.1 Å². The Bertz CT molecular complexity index is 903. The highest BCUT2D eigenvalue weighted by Crippen LogP contribution is 2.28. The van der Waals surface area contributed by atoms with Crippen molar-refractivity contribution in [2.45, 2.75) is 19.3 Å². The third-order valence-electron chi connectivity index (χ3n) is 5.87. The van der Waals surface area contributed by atoms with Crippen molar-refractivity contribution in [1.82, 2.24) is 10.2 Å². The summed E-state index contributed by atoms with van der Waals surface area (Å²) in [6, 6.07) is 15.9. The lowest BCUT2D eigenvalue weighted by atomic mass is 10.1. The van der Waals surface area contributed by atoms with Crippen LogP contribution in [-0.2, 0) is 16.0 Å². The van der Waals surface area contributed by atoms with E-state index in [1.54, 1.807) is 19.1 Å². The largest absolute Gasteiger partial charge is 0.493 e. The van der Waals surface area contributed by atoms with Gasteiger partial charge in [-0.15, -0.1) is 0 Å². The predicted octanol–water partition coefficient (Wildman–Crippen LogP) is 2.74. The van der Waals surface area contributed by atoms with E-state index in [0.717, 1.165) is 24.2 Å². The van der Waals surface area contributed by atoms with Crippen LogP contribution in [0.1, 0.15) is 18.4 Å². The van der Waals surface area contributed by atoms with Gasteiger partial charge in [-0.3, -0.25) is 9.59 Å². The number of likely N-dealkylation sites (tertiary alicyclic amines) is 1. The van der Waals surface area contributed by atoms with Crippen molar-refractivity contribution in [1.29, 1.82) is 0 Å². The summed E-state index contributed by atoms with van der Waals surface area (Å²) in [6.07, 6.45) is 1.83. The Morgan fingerprint density at radius 2 is 1.88 bits per heavy atom. The zero-order valence-electron chi connectivity index (χ0n) is 19.2. The zero-order valence-corrected chi connectivity index (χ0v) is 19.2. The average molecular weight is 440 g/mol. The van der Waals surface area contributed by atoms with Gasteiger partial charge in [0.25, 0.3) is 0 Å². The monoisotopic (exact) mass is 439 g/mol. The van der Waals surface area contributed by atoms with Gasteiger partial charge in [-0.25, -0.2) is 0 Å². The first kappa shape index (κ1) is 23.4. The lowest BCUT2D eigenvalue weighted by Gasteiger charge is -2.19. The summed E-state index contributed by atoms with van der Waals surface area (Å²) in [5, 5.41) is 3.00. The normalized spacial score (nSPS) is 15.5. The number of anilines is 1. The number of hydrogen-bond acceptors (Lipinski definition) is 5. The number of hydrogen-bond donors (Lipinski definition) is 1. The summed E-state index contributed by atoms with van der Waals surface area (Å²) in [5.74, 6) is 1.08. The van der Waals surface area contributed by atoms with Crippen molar-refractivity contribution < 1.29 is 19.1 Å². The van der Waals surface area contributed by atoms with Crippen LogP contribution in [0.5, 0.6) is 11.5 Å². The first-order chi connectivity index (χ1) is 15.5. The lowest BCUT2D eigenvalue weighted by molar-refractivity contribution is -0.129. The van der Waals surface area contributed by atoms with Gasteiger partial charge in [0.1, 0.15) is 0 Å². The Morgan fingerprint density at radius 3 is 2.59 bits per heavy atom. The van der Waals surface area contributed by atoms with Crippen molar-refractivity contribution in [2.24, 2.45) is 5.92 Å². The van der Waals surface area contributed by atoms with Crippen LogP contribution < -0.4 is 19.7 Å². The summed E-state index contributed by atoms with van der Waals surface area (Å²) < 4.78 is 10.6. The molecule has 0 aromatic heterocycles. The Balaban J connectivity index is 1.40. The highest BCUT2D eigenvalue weighted by atomic mass is 16.5. The molecule has 2 aromatic rings. The quantitative estimate of drug-likeness (QED) is 0.545. The number of carbonyl (C=O) groups excluding carboxylic acids is 2. The molecule has 0 saturated carbocycles. The summed E-state index contributed by atoms with van der Waals surface area (Å²) in [6.45, 7) is 2.51. The smallest absolute Gasteiger partial charge is 0.225 e. The fourth-order valence-electron chi connectivity index (χ4n) is 3.95. The summed E-state index contributed by atoms with van der Waals surface area (Å²) in [4.78, 5) is 28.9. The van der Waals surface area contributed by atoms with E-state index in [1.165, 1.54) is 0 Å².